The summed E-state index contributed by atoms with van der Waals surface area (Å²) in [6, 6.07) is 2.10. The lowest BCUT2D eigenvalue weighted by molar-refractivity contribution is -0.0339. The van der Waals surface area contributed by atoms with Gasteiger partial charge in [-0.2, -0.15) is 36.9 Å². The van der Waals surface area contributed by atoms with Gasteiger partial charge in [0.1, 0.15) is 29.3 Å². The third-order valence-corrected chi connectivity index (χ3v) is 9.36. The molecule has 0 radical (unpaired) electrons. The van der Waals surface area contributed by atoms with Gasteiger partial charge >= 0.3 is 11.0 Å². The third-order valence-electron chi connectivity index (χ3n) is 7.56. The molecule has 20 heteroatoms. The van der Waals surface area contributed by atoms with Crippen LogP contribution in [-0.4, -0.2) is 11.0 Å². The van der Waals surface area contributed by atoms with Gasteiger partial charge in [0.2, 0.25) is 5.70 Å². The van der Waals surface area contributed by atoms with Gasteiger partial charge < -0.3 is 0 Å². The SMILES string of the molecule is [C-]#[N+]/C(=C1\C=c2c(c(SC(F)(F)F)c3c(c2SC(F)(F)F)C/C(=C(/C#N)c2c(F)c(F)c(C#N)c(F)c2F)C=3)C1)c1c(F)c(F)c([N+]#[C-])c(F)c1F. The number of thioether (sulfide) groups is 2. The number of rotatable bonds is 4. The van der Waals surface area contributed by atoms with E-state index in [4.69, 9.17) is 18.4 Å². The number of hydrogen-bond acceptors (Lipinski definition) is 4. The van der Waals surface area contributed by atoms with Crippen molar-refractivity contribution < 1.29 is 61.5 Å². The second-order valence-electron chi connectivity index (χ2n) is 10.4. The summed E-state index contributed by atoms with van der Waals surface area (Å²) in [6.45, 7) is 14.2. The number of hydrogen-bond donors (Lipinski definition) is 0. The fourth-order valence-corrected chi connectivity index (χ4v) is 7.22. The maximum absolute atomic E-state index is 15.0. The highest BCUT2D eigenvalue weighted by atomic mass is 32.2. The molecule has 2 aliphatic carbocycles. The number of benzene rings is 3. The zero-order valence-electron chi connectivity index (χ0n) is 24.5. The molecule has 3 aromatic rings. The highest BCUT2D eigenvalue weighted by Crippen LogP contribution is 2.45. The molecule has 0 unspecified atom stereocenters. The lowest BCUT2D eigenvalue weighted by Gasteiger charge is -2.16. The Labute approximate surface area is 288 Å². The van der Waals surface area contributed by atoms with Crippen LogP contribution in [0.15, 0.2) is 20.9 Å². The van der Waals surface area contributed by atoms with Crippen molar-refractivity contribution in [2.24, 2.45) is 0 Å². The Bertz CT molecular complexity index is 2290. The van der Waals surface area contributed by atoms with Crippen LogP contribution in [-0.2, 0) is 12.8 Å². The molecule has 0 saturated heterocycles. The highest BCUT2D eigenvalue weighted by molar-refractivity contribution is 8.00. The van der Waals surface area contributed by atoms with Crippen molar-refractivity contribution in [3.63, 3.8) is 0 Å². The maximum Gasteiger partial charge on any atom is 0.446 e. The number of halogens is 14. The fourth-order valence-electron chi connectivity index (χ4n) is 5.56. The molecule has 2 aliphatic rings. The number of nitrogens with zero attached hydrogens (tertiary/aromatic N) is 4. The molecule has 0 amide bonds. The van der Waals surface area contributed by atoms with Crippen LogP contribution in [0.4, 0.5) is 67.2 Å². The Balaban J connectivity index is 1.89. The van der Waals surface area contributed by atoms with Crippen LogP contribution in [0, 0.1) is 82.3 Å². The number of allylic oxidation sites excluding steroid dienone is 3. The second kappa shape index (κ2) is 13.3. The third kappa shape index (κ3) is 6.22. The molecule has 4 nitrogen and oxygen atoms in total. The van der Waals surface area contributed by atoms with Crippen molar-refractivity contribution in [2.45, 2.75) is 33.6 Å². The van der Waals surface area contributed by atoms with Crippen LogP contribution >= 0.6 is 23.5 Å². The molecule has 0 aromatic heterocycles. The van der Waals surface area contributed by atoms with Crippen LogP contribution in [0.2, 0.25) is 0 Å². The first kappa shape index (κ1) is 37.8. The Kier molecular flexibility index (Phi) is 9.65. The van der Waals surface area contributed by atoms with Gasteiger partial charge in [-0.15, -0.1) is 0 Å². The van der Waals surface area contributed by atoms with E-state index in [9.17, 15) is 66.7 Å². The smallest absolute Gasteiger partial charge is 0.237 e. The summed E-state index contributed by atoms with van der Waals surface area (Å²) in [5.74, 6) is -18.0. The van der Waals surface area contributed by atoms with Crippen LogP contribution < -0.4 is 10.4 Å². The Hall–Kier alpha value is -5.44. The van der Waals surface area contributed by atoms with E-state index in [-0.39, 0.29) is 0 Å². The van der Waals surface area contributed by atoms with Gasteiger partial charge in [-0.25, -0.2) is 44.8 Å². The van der Waals surface area contributed by atoms with Gasteiger partial charge in [0, 0.05) is 16.2 Å². The highest BCUT2D eigenvalue weighted by Gasteiger charge is 2.40. The van der Waals surface area contributed by atoms with E-state index in [2.05, 4.69) is 9.69 Å². The van der Waals surface area contributed by atoms with Crippen LogP contribution in [0.3, 0.4) is 0 Å². The lowest BCUT2D eigenvalue weighted by atomic mass is 9.96. The van der Waals surface area contributed by atoms with Crippen molar-refractivity contribution in [3.05, 3.63) is 119 Å². The summed E-state index contributed by atoms with van der Waals surface area (Å²) < 4.78 is 202. The van der Waals surface area contributed by atoms with E-state index in [0.717, 1.165) is 6.07 Å². The molecule has 264 valence electrons. The fraction of sp³-hybridized carbons (Fsp3) is 0.125. The number of fused-ring (bicyclic) bond motifs is 2. The Morgan fingerprint density at radius 2 is 1.06 bits per heavy atom. The molecular formula is C32H6F14N4S2. The summed E-state index contributed by atoms with van der Waals surface area (Å²) in [4.78, 5) is 3.29. The Morgan fingerprint density at radius 1 is 0.635 bits per heavy atom. The largest absolute Gasteiger partial charge is 0.446 e. The van der Waals surface area contributed by atoms with E-state index in [0.29, 0.717) is 12.2 Å². The number of alkyl halides is 6. The van der Waals surface area contributed by atoms with Crippen molar-refractivity contribution in [3.8, 4) is 12.1 Å². The molecule has 0 spiro atoms. The molecular weight excluding hydrogens is 770 g/mol. The molecule has 52 heavy (non-hydrogen) atoms. The van der Waals surface area contributed by atoms with Crippen molar-refractivity contribution in [2.75, 3.05) is 0 Å². The van der Waals surface area contributed by atoms with Crippen LogP contribution in [0.5, 0.6) is 0 Å². The minimum absolute atomic E-state index is 0.597. The van der Waals surface area contributed by atoms with Crippen LogP contribution in [0.1, 0.15) is 27.8 Å². The standard InChI is InChI=1S/C32H6F14N4S2/c1-49-27(18-23(37)25(39)28(50-2)26(40)24(18)38)10-5-13-14(6-10)30(52-32(44,45)46)12-4-9(3-11(12)29(13)51-31(41,42)43)15(7-47)17-21(35)19(33)16(8-48)20(34)22(17)36/h3,6H,4-5H2/b15-9-,27-10-. The topological polar surface area (TPSA) is 56.3 Å². The molecule has 0 saturated carbocycles. The predicted octanol–water partition coefficient (Wildman–Crippen LogP) is 9.43. The first-order valence-corrected chi connectivity index (χ1v) is 15.0. The normalized spacial score (nSPS) is 15.4. The molecule has 0 fully saturated rings. The van der Waals surface area contributed by atoms with Gasteiger partial charge in [-0.3, -0.25) is 0 Å². The van der Waals surface area contributed by atoms with Crippen molar-refractivity contribution in [1.29, 1.82) is 10.5 Å². The lowest BCUT2D eigenvalue weighted by Crippen LogP contribution is -2.25. The quantitative estimate of drug-likeness (QED) is 0.0872. The minimum Gasteiger partial charge on any atom is -0.237 e. The zero-order chi connectivity index (χ0) is 38.8. The van der Waals surface area contributed by atoms with E-state index < -0.39 is 170 Å². The van der Waals surface area contributed by atoms with Gasteiger partial charge in [-0.1, -0.05) is 6.08 Å². The van der Waals surface area contributed by atoms with Crippen molar-refractivity contribution >= 4 is 52.6 Å². The molecule has 0 aliphatic heterocycles. The van der Waals surface area contributed by atoms with Crippen molar-refractivity contribution in [1.82, 2.24) is 0 Å². The summed E-state index contributed by atoms with van der Waals surface area (Å²) >= 11 is -1.90. The average molecular weight is 777 g/mol. The first-order valence-electron chi connectivity index (χ1n) is 13.4. The summed E-state index contributed by atoms with van der Waals surface area (Å²) in [5.41, 5.74) is -22.7. The van der Waals surface area contributed by atoms with Gasteiger partial charge in [-0.05, 0) is 68.7 Å². The molecule has 0 heterocycles. The first-order chi connectivity index (χ1) is 24.2. The van der Waals surface area contributed by atoms with Gasteiger partial charge in [0.25, 0.3) is 5.69 Å². The van der Waals surface area contributed by atoms with E-state index in [1.165, 1.54) is 6.07 Å². The van der Waals surface area contributed by atoms with E-state index >= 15 is 0 Å². The van der Waals surface area contributed by atoms with Gasteiger partial charge in [0.05, 0.1) is 29.8 Å². The minimum atomic E-state index is -5.24. The van der Waals surface area contributed by atoms with Crippen LogP contribution in [0.25, 0.3) is 33.1 Å². The predicted molar refractivity (Wildman–Crippen MR) is 155 cm³/mol. The van der Waals surface area contributed by atoms with Gasteiger partial charge in [0.15, 0.2) is 34.9 Å². The monoisotopic (exact) mass is 776 g/mol. The summed E-state index contributed by atoms with van der Waals surface area (Å²) in [6.07, 6.45) is -0.852. The van der Waals surface area contributed by atoms with E-state index in [1.54, 1.807) is 0 Å². The molecule has 0 atom stereocenters. The zero-order valence-corrected chi connectivity index (χ0v) is 26.1. The molecule has 5 rings (SSSR count). The number of nitriles is 2. The summed E-state index contributed by atoms with van der Waals surface area (Å²) in [7, 11) is 0. The second-order valence-corrected chi connectivity index (χ2v) is 12.5. The molecule has 0 bridgehead atoms. The average Bonchev–Trinajstić information content (AvgIpc) is 3.70. The Morgan fingerprint density at radius 3 is 1.44 bits per heavy atom. The molecule has 3 aromatic carbocycles. The van der Waals surface area contributed by atoms with E-state index in [1.807, 2.05) is 0 Å². The maximum atomic E-state index is 15.0. The summed E-state index contributed by atoms with van der Waals surface area (Å²) in [5, 5.41) is 17.2. The molecule has 0 N–H and O–H groups in total.